The maximum absolute atomic E-state index is 14.0. The second kappa shape index (κ2) is 15.0. The lowest BCUT2D eigenvalue weighted by Gasteiger charge is -2.09. The Bertz CT molecular complexity index is 647. The van der Waals surface area contributed by atoms with Gasteiger partial charge in [-0.3, -0.25) is 4.79 Å². The molecule has 0 saturated heterocycles. The standard InChI is InChI=1S/C18H22FNO3.C2H6.OS/c1-2-13(6-7-17(21)22)16(19)9-11-23-12-15-5-3-4-14-8-10-20-18(14)15;2*1-2/h2-5,9,20H,6-8,10-12H2,1H3,(H,21,22);1-2H3;/b13-2-,16-9+;;. The van der Waals surface area contributed by atoms with Crippen LogP contribution in [0.25, 0.3) is 0 Å². The zero-order chi connectivity index (χ0) is 20.7. The van der Waals surface area contributed by atoms with E-state index in [1.807, 2.05) is 26.0 Å². The zero-order valence-corrected chi connectivity index (χ0v) is 16.9. The Kier molecular flexibility index (Phi) is 13.8. The van der Waals surface area contributed by atoms with Crippen molar-refractivity contribution >= 4 is 24.2 Å². The molecule has 5 nitrogen and oxygen atoms in total. The minimum atomic E-state index is -0.932. The normalized spacial score (nSPS) is 12.7. The third kappa shape index (κ3) is 8.88. The van der Waals surface area contributed by atoms with Crippen LogP contribution in [0.15, 0.2) is 41.8 Å². The van der Waals surface area contributed by atoms with Crippen LogP contribution in [0.5, 0.6) is 0 Å². The average Bonchev–Trinajstić information content (AvgIpc) is 3.18. The van der Waals surface area contributed by atoms with E-state index in [0.29, 0.717) is 12.2 Å². The molecule has 0 spiro atoms. The molecule has 0 aromatic heterocycles. The van der Waals surface area contributed by atoms with Crippen LogP contribution in [0.3, 0.4) is 0 Å². The Labute approximate surface area is 165 Å². The summed E-state index contributed by atoms with van der Waals surface area (Å²) < 4.78 is 27.3. The highest BCUT2D eigenvalue weighted by Crippen LogP contribution is 2.26. The summed E-state index contributed by atoms with van der Waals surface area (Å²) in [5.74, 6) is -1.34. The fraction of sp³-hybridized carbons (Fsp3) is 0.450. The van der Waals surface area contributed by atoms with Crippen LogP contribution in [0.4, 0.5) is 10.1 Å². The van der Waals surface area contributed by atoms with E-state index in [-0.39, 0.29) is 19.4 Å². The maximum atomic E-state index is 14.0. The van der Waals surface area contributed by atoms with Gasteiger partial charge in [0, 0.05) is 24.2 Å². The van der Waals surface area contributed by atoms with Gasteiger partial charge in [-0.2, -0.15) is 4.21 Å². The van der Waals surface area contributed by atoms with Gasteiger partial charge in [0.15, 0.2) is 12.5 Å². The summed E-state index contributed by atoms with van der Waals surface area (Å²) in [6, 6.07) is 6.10. The van der Waals surface area contributed by atoms with Gasteiger partial charge in [0.05, 0.1) is 13.2 Å². The maximum Gasteiger partial charge on any atom is 0.303 e. The molecule has 0 aliphatic carbocycles. The molecule has 0 saturated carbocycles. The van der Waals surface area contributed by atoms with Gasteiger partial charge < -0.3 is 15.2 Å². The summed E-state index contributed by atoms with van der Waals surface area (Å²) >= 11 is 2.83. The second-order valence-electron chi connectivity index (χ2n) is 5.40. The second-order valence-corrected chi connectivity index (χ2v) is 5.40. The van der Waals surface area contributed by atoms with Crippen LogP contribution in [0.2, 0.25) is 0 Å². The number of para-hydroxylation sites is 1. The number of rotatable bonds is 8. The summed E-state index contributed by atoms with van der Waals surface area (Å²) in [5, 5.41) is 12.0. The SMILES string of the molecule is C/C=C(CCC(=O)O)\C(F)=C/COCc1cccc2c1NCC2.CC.O=S. The first-order valence-electron chi connectivity index (χ1n) is 8.94. The minimum Gasteiger partial charge on any atom is -0.481 e. The number of nitrogens with one attached hydrogen (secondary N) is 1. The molecule has 0 fully saturated rings. The van der Waals surface area contributed by atoms with Crippen LogP contribution < -0.4 is 5.32 Å². The number of allylic oxidation sites excluding steroid dienone is 3. The molecule has 2 N–H and O–H groups in total. The van der Waals surface area contributed by atoms with Crippen molar-refractivity contribution in [3.05, 3.63) is 52.9 Å². The first kappa shape index (κ1) is 24.9. The third-order valence-corrected chi connectivity index (χ3v) is 3.83. The van der Waals surface area contributed by atoms with E-state index in [9.17, 15) is 9.18 Å². The van der Waals surface area contributed by atoms with Gasteiger partial charge in [-0.1, -0.05) is 38.1 Å². The Balaban J connectivity index is 0.00000158. The monoisotopic (exact) mass is 397 g/mol. The average molecular weight is 398 g/mol. The van der Waals surface area contributed by atoms with E-state index in [0.717, 1.165) is 24.2 Å². The van der Waals surface area contributed by atoms with Crippen LogP contribution in [-0.2, 0) is 35.1 Å². The number of aliphatic carboxylic acids is 1. The Morgan fingerprint density at radius 1 is 1.33 bits per heavy atom. The van der Waals surface area contributed by atoms with Crippen LogP contribution >= 0.6 is 0 Å². The first-order valence-corrected chi connectivity index (χ1v) is 9.27. The predicted molar refractivity (Wildman–Crippen MR) is 108 cm³/mol. The molecular formula is C20H28FNO4S. The van der Waals surface area contributed by atoms with Crippen molar-refractivity contribution in [1.82, 2.24) is 0 Å². The lowest BCUT2D eigenvalue weighted by atomic mass is 10.1. The Hall–Kier alpha value is -2.12. The number of carbonyl (C=O) groups is 1. The van der Waals surface area contributed by atoms with Crippen LogP contribution in [-0.4, -0.2) is 28.4 Å². The largest absolute Gasteiger partial charge is 0.481 e. The fourth-order valence-corrected chi connectivity index (χ4v) is 2.61. The number of carboxylic acid groups (broad SMARTS) is 1. The van der Waals surface area contributed by atoms with Gasteiger partial charge in [0.2, 0.25) is 0 Å². The Morgan fingerprint density at radius 3 is 2.67 bits per heavy atom. The summed E-state index contributed by atoms with van der Waals surface area (Å²) in [7, 11) is 0. The first-order chi connectivity index (χ1) is 13.1. The number of anilines is 1. The van der Waals surface area contributed by atoms with Gasteiger partial charge in [-0.25, -0.2) is 4.39 Å². The van der Waals surface area contributed by atoms with E-state index in [4.69, 9.17) is 14.1 Å². The van der Waals surface area contributed by atoms with Crippen molar-refractivity contribution in [3.63, 3.8) is 0 Å². The zero-order valence-electron chi connectivity index (χ0n) is 16.1. The van der Waals surface area contributed by atoms with Crippen molar-refractivity contribution < 1.29 is 23.2 Å². The highest BCUT2D eigenvalue weighted by atomic mass is 32.1. The van der Waals surface area contributed by atoms with E-state index in [2.05, 4.69) is 23.9 Å². The van der Waals surface area contributed by atoms with Crippen LogP contribution in [0, 0.1) is 0 Å². The van der Waals surface area contributed by atoms with E-state index in [1.165, 1.54) is 11.6 Å². The van der Waals surface area contributed by atoms with Gasteiger partial charge in [-0.05, 0) is 37.0 Å². The van der Waals surface area contributed by atoms with Crippen molar-refractivity contribution in [3.8, 4) is 0 Å². The van der Waals surface area contributed by atoms with E-state index >= 15 is 0 Å². The number of carboxylic acids is 1. The molecule has 0 bridgehead atoms. The molecule has 1 aromatic carbocycles. The number of fused-ring (bicyclic) bond motifs is 1. The van der Waals surface area contributed by atoms with Gasteiger partial charge >= 0.3 is 5.97 Å². The minimum absolute atomic E-state index is 0.0797. The quantitative estimate of drug-likeness (QED) is 0.496. The number of hydrogen-bond donors (Lipinski definition) is 2. The fourth-order valence-electron chi connectivity index (χ4n) is 2.61. The predicted octanol–water partition coefficient (Wildman–Crippen LogP) is 4.53. The molecular weight excluding hydrogens is 369 g/mol. The van der Waals surface area contributed by atoms with Crippen molar-refractivity contribution in [1.29, 1.82) is 0 Å². The Morgan fingerprint density at radius 2 is 2.04 bits per heavy atom. The molecule has 0 radical (unpaired) electrons. The molecule has 0 atom stereocenters. The summed E-state index contributed by atoms with van der Waals surface area (Å²) in [5.41, 5.74) is 3.90. The molecule has 1 aromatic rings. The lowest BCUT2D eigenvalue weighted by molar-refractivity contribution is -0.136. The number of halogens is 1. The van der Waals surface area contributed by atoms with Gasteiger partial charge in [0.25, 0.3) is 0 Å². The number of ether oxygens (including phenoxy) is 1. The van der Waals surface area contributed by atoms with E-state index < -0.39 is 11.8 Å². The molecule has 2 rings (SSSR count). The van der Waals surface area contributed by atoms with Gasteiger partial charge in [0.1, 0.15) is 5.83 Å². The smallest absolute Gasteiger partial charge is 0.303 e. The molecule has 1 heterocycles. The lowest BCUT2D eigenvalue weighted by Crippen LogP contribution is -2.00. The van der Waals surface area contributed by atoms with Crippen molar-refractivity contribution in [2.45, 2.75) is 46.6 Å². The number of benzene rings is 1. The molecule has 7 heteroatoms. The summed E-state index contributed by atoms with van der Waals surface area (Å²) in [4.78, 5) is 10.6. The van der Waals surface area contributed by atoms with Crippen molar-refractivity contribution in [2.75, 3.05) is 18.5 Å². The third-order valence-electron chi connectivity index (χ3n) is 3.83. The molecule has 150 valence electrons. The van der Waals surface area contributed by atoms with E-state index in [1.54, 1.807) is 13.0 Å². The van der Waals surface area contributed by atoms with Gasteiger partial charge in [-0.15, -0.1) is 0 Å². The summed E-state index contributed by atoms with van der Waals surface area (Å²) in [6.07, 6.45) is 4.08. The topological polar surface area (TPSA) is 75.6 Å². The van der Waals surface area contributed by atoms with Crippen LogP contribution in [0.1, 0.15) is 44.7 Å². The highest BCUT2D eigenvalue weighted by Gasteiger charge is 2.13. The highest BCUT2D eigenvalue weighted by molar-refractivity contribution is 7.44. The molecule has 1 aliphatic rings. The number of hydrogen-bond acceptors (Lipinski definition) is 5. The summed E-state index contributed by atoms with van der Waals surface area (Å²) in [6.45, 7) is 7.21. The molecule has 1 aliphatic heterocycles. The van der Waals surface area contributed by atoms with Crippen molar-refractivity contribution in [2.24, 2.45) is 0 Å². The molecule has 27 heavy (non-hydrogen) atoms. The molecule has 0 unspecified atom stereocenters. The molecule has 0 amide bonds.